The Labute approximate surface area is 132 Å². The third-order valence-corrected chi connectivity index (χ3v) is 4.11. The van der Waals surface area contributed by atoms with Gasteiger partial charge in [-0.1, -0.05) is 6.07 Å². The fourth-order valence-electron chi connectivity index (χ4n) is 3.04. The van der Waals surface area contributed by atoms with Gasteiger partial charge in [0.05, 0.1) is 23.4 Å². The number of hydrogen-bond acceptors (Lipinski definition) is 3. The van der Waals surface area contributed by atoms with Gasteiger partial charge in [0.2, 0.25) is 0 Å². The van der Waals surface area contributed by atoms with E-state index in [1.165, 1.54) is 11.0 Å². The molecule has 23 heavy (non-hydrogen) atoms. The molecular weight excluding hydrogens is 304 g/mol. The minimum Gasteiger partial charge on any atom is -0.391 e. The molecule has 1 fully saturated rings. The second-order valence-electron chi connectivity index (χ2n) is 5.84. The summed E-state index contributed by atoms with van der Waals surface area (Å²) in [6.45, 7) is 1.88. The van der Waals surface area contributed by atoms with Gasteiger partial charge in [-0.2, -0.15) is 5.10 Å². The van der Waals surface area contributed by atoms with Gasteiger partial charge in [0.15, 0.2) is 11.6 Å². The van der Waals surface area contributed by atoms with E-state index in [0.29, 0.717) is 16.8 Å². The molecule has 0 saturated carbocycles. The van der Waals surface area contributed by atoms with Gasteiger partial charge >= 0.3 is 0 Å². The van der Waals surface area contributed by atoms with E-state index in [4.69, 9.17) is 0 Å². The molecule has 1 aliphatic rings. The van der Waals surface area contributed by atoms with Crippen molar-refractivity contribution in [3.63, 3.8) is 0 Å². The number of amides is 1. The highest BCUT2D eigenvalue weighted by atomic mass is 19.2. The zero-order valence-corrected chi connectivity index (χ0v) is 12.8. The van der Waals surface area contributed by atoms with Crippen molar-refractivity contribution in [2.45, 2.75) is 25.5 Å². The topological polar surface area (TPSA) is 58.4 Å². The highest BCUT2D eigenvalue weighted by Gasteiger charge is 2.37. The lowest BCUT2D eigenvalue weighted by Crippen LogP contribution is -2.32. The number of aryl methyl sites for hydroxylation is 2. The molecule has 1 saturated heterocycles. The predicted molar refractivity (Wildman–Crippen MR) is 78.7 cm³/mol. The normalized spacial score (nSPS) is 21.0. The van der Waals surface area contributed by atoms with Gasteiger partial charge in [0, 0.05) is 19.8 Å². The summed E-state index contributed by atoms with van der Waals surface area (Å²) >= 11 is 0. The summed E-state index contributed by atoms with van der Waals surface area (Å²) in [6.07, 6.45) is 1.20. The lowest BCUT2D eigenvalue weighted by Gasteiger charge is -2.24. The summed E-state index contributed by atoms with van der Waals surface area (Å²) in [5.41, 5.74) is 1.49. The molecule has 2 atom stereocenters. The van der Waals surface area contributed by atoms with Crippen molar-refractivity contribution in [3.8, 4) is 0 Å². The van der Waals surface area contributed by atoms with Crippen molar-refractivity contribution in [2.24, 2.45) is 7.05 Å². The predicted octanol–water partition coefficient (Wildman–Crippen LogP) is 1.95. The zero-order chi connectivity index (χ0) is 16.7. The summed E-state index contributed by atoms with van der Waals surface area (Å²) in [5.74, 6) is -2.18. The quantitative estimate of drug-likeness (QED) is 0.920. The molecule has 3 rings (SSSR count). The van der Waals surface area contributed by atoms with Crippen LogP contribution in [0.4, 0.5) is 8.78 Å². The van der Waals surface area contributed by atoms with Crippen molar-refractivity contribution >= 4 is 5.91 Å². The van der Waals surface area contributed by atoms with Crippen molar-refractivity contribution in [3.05, 3.63) is 52.9 Å². The highest BCUT2D eigenvalue weighted by Crippen LogP contribution is 2.34. The first-order chi connectivity index (χ1) is 10.9. The van der Waals surface area contributed by atoms with Crippen LogP contribution in [0.25, 0.3) is 0 Å². The van der Waals surface area contributed by atoms with Gasteiger partial charge in [-0.25, -0.2) is 8.78 Å². The van der Waals surface area contributed by atoms with Crippen LogP contribution < -0.4 is 0 Å². The molecule has 1 aromatic carbocycles. The summed E-state index contributed by atoms with van der Waals surface area (Å²) in [5, 5.41) is 14.1. The fourth-order valence-corrected chi connectivity index (χ4v) is 3.04. The van der Waals surface area contributed by atoms with Crippen LogP contribution in [-0.2, 0) is 7.05 Å². The molecule has 1 amide bonds. The molecule has 0 aliphatic carbocycles. The van der Waals surface area contributed by atoms with Crippen molar-refractivity contribution < 1.29 is 18.7 Å². The van der Waals surface area contributed by atoms with Gasteiger partial charge in [0.1, 0.15) is 0 Å². The number of carbonyl (C=O) groups is 1. The molecule has 0 bridgehead atoms. The smallest absolute Gasteiger partial charge is 0.257 e. The second kappa shape index (κ2) is 5.73. The van der Waals surface area contributed by atoms with E-state index in [9.17, 15) is 18.7 Å². The lowest BCUT2D eigenvalue weighted by atomic mass is 10.0. The van der Waals surface area contributed by atoms with Gasteiger partial charge in [-0.15, -0.1) is 0 Å². The molecular formula is C16H17F2N3O2. The minimum absolute atomic E-state index is 0.150. The molecule has 0 radical (unpaired) electrons. The Hall–Kier alpha value is -2.28. The van der Waals surface area contributed by atoms with E-state index in [2.05, 4.69) is 5.10 Å². The zero-order valence-electron chi connectivity index (χ0n) is 12.8. The Morgan fingerprint density at radius 1 is 1.35 bits per heavy atom. The number of aliphatic hydroxyl groups is 1. The first kappa shape index (κ1) is 15.6. The van der Waals surface area contributed by atoms with Crippen molar-refractivity contribution in [1.82, 2.24) is 14.7 Å². The lowest BCUT2D eigenvalue weighted by molar-refractivity contribution is 0.0714. The summed E-state index contributed by atoms with van der Waals surface area (Å²) in [6, 6.07) is 3.06. The number of rotatable bonds is 2. The Balaban J connectivity index is 1.94. The molecule has 1 N–H and O–H groups in total. The summed E-state index contributed by atoms with van der Waals surface area (Å²) in [4.78, 5) is 14.2. The molecule has 0 spiro atoms. The monoisotopic (exact) mass is 321 g/mol. The molecule has 2 unspecified atom stereocenters. The largest absolute Gasteiger partial charge is 0.391 e. The van der Waals surface area contributed by atoms with E-state index in [-0.39, 0.29) is 18.9 Å². The van der Waals surface area contributed by atoms with Crippen LogP contribution in [0.2, 0.25) is 0 Å². The third kappa shape index (κ3) is 2.84. The van der Waals surface area contributed by atoms with Gasteiger partial charge in [-0.3, -0.25) is 9.48 Å². The second-order valence-corrected chi connectivity index (χ2v) is 5.84. The Morgan fingerprint density at radius 2 is 2.09 bits per heavy atom. The third-order valence-electron chi connectivity index (χ3n) is 4.11. The van der Waals surface area contributed by atoms with Crippen LogP contribution in [0.1, 0.15) is 34.1 Å². The van der Waals surface area contributed by atoms with Crippen molar-refractivity contribution in [1.29, 1.82) is 0 Å². The average molecular weight is 321 g/mol. The molecule has 122 valence electrons. The molecule has 1 aliphatic heterocycles. The van der Waals surface area contributed by atoms with Gasteiger partial charge < -0.3 is 10.0 Å². The molecule has 5 nitrogen and oxygen atoms in total. The fraction of sp³-hybridized carbons (Fsp3) is 0.375. The summed E-state index contributed by atoms with van der Waals surface area (Å²) < 4.78 is 28.2. The minimum atomic E-state index is -0.964. The van der Waals surface area contributed by atoms with Gasteiger partial charge in [0.25, 0.3) is 5.91 Å². The first-order valence-corrected chi connectivity index (χ1v) is 7.31. The van der Waals surface area contributed by atoms with Crippen molar-refractivity contribution in [2.75, 3.05) is 6.54 Å². The van der Waals surface area contributed by atoms with Crippen LogP contribution in [-0.4, -0.2) is 38.3 Å². The number of nitrogens with zero attached hydrogens (tertiary/aromatic N) is 3. The molecule has 7 heteroatoms. The standard InChI is InChI=1S/C16H17F2N3O2/c1-9-12(8-20(2)19-9)16(23)21-7-11(22)6-15(21)10-3-4-13(17)14(18)5-10/h3-5,8,11,15,22H,6-7H2,1-2H3. The number of carbonyl (C=O) groups excluding carboxylic acids is 1. The van der Waals surface area contributed by atoms with E-state index >= 15 is 0 Å². The Kier molecular flexibility index (Phi) is 3.89. The maximum atomic E-state index is 13.5. The number of halogens is 2. The van der Waals surface area contributed by atoms with Crippen LogP contribution in [0.3, 0.4) is 0 Å². The van der Waals surface area contributed by atoms with E-state index < -0.39 is 23.8 Å². The number of aromatic nitrogens is 2. The Morgan fingerprint density at radius 3 is 2.70 bits per heavy atom. The first-order valence-electron chi connectivity index (χ1n) is 7.31. The Bertz CT molecular complexity index is 760. The number of aliphatic hydroxyl groups excluding tert-OH is 1. The molecule has 2 aromatic rings. The number of benzene rings is 1. The van der Waals surface area contributed by atoms with Crippen LogP contribution in [0.5, 0.6) is 0 Å². The van der Waals surface area contributed by atoms with E-state index in [1.807, 2.05) is 0 Å². The average Bonchev–Trinajstić information content (AvgIpc) is 3.03. The highest BCUT2D eigenvalue weighted by molar-refractivity contribution is 5.95. The number of likely N-dealkylation sites (tertiary alicyclic amines) is 1. The van der Waals surface area contributed by atoms with E-state index in [1.54, 1.807) is 24.9 Å². The SMILES string of the molecule is Cc1nn(C)cc1C(=O)N1CC(O)CC1c1ccc(F)c(F)c1. The van der Waals surface area contributed by atoms with Crippen LogP contribution >= 0.6 is 0 Å². The maximum absolute atomic E-state index is 13.5. The van der Waals surface area contributed by atoms with E-state index in [0.717, 1.165) is 12.1 Å². The molecule has 2 heterocycles. The number of hydrogen-bond donors (Lipinski definition) is 1. The van der Waals surface area contributed by atoms with Crippen LogP contribution in [0.15, 0.2) is 24.4 Å². The van der Waals surface area contributed by atoms with Crippen LogP contribution in [0, 0.1) is 18.6 Å². The molecule has 1 aromatic heterocycles. The van der Waals surface area contributed by atoms with Gasteiger partial charge in [-0.05, 0) is 31.0 Å². The summed E-state index contributed by atoms with van der Waals surface area (Å²) in [7, 11) is 1.72. The number of β-amino-alcohol motifs (C(OH)–C–C–N with tert-alkyl or cyclic N) is 1. The maximum Gasteiger partial charge on any atom is 0.257 e.